The van der Waals surface area contributed by atoms with E-state index in [0.717, 1.165) is 5.56 Å². The third-order valence-electron chi connectivity index (χ3n) is 4.14. The zero-order valence-corrected chi connectivity index (χ0v) is 14.5. The van der Waals surface area contributed by atoms with Gasteiger partial charge in [0.15, 0.2) is 0 Å². The lowest BCUT2D eigenvalue weighted by Gasteiger charge is -2.26. The summed E-state index contributed by atoms with van der Waals surface area (Å²) < 4.78 is 32.7. The van der Waals surface area contributed by atoms with Crippen LogP contribution in [0.3, 0.4) is 0 Å². The smallest absolute Gasteiger partial charge is 0.242 e. The van der Waals surface area contributed by atoms with E-state index in [2.05, 4.69) is 4.72 Å². The zero-order valence-electron chi connectivity index (χ0n) is 13.0. The number of benzene rings is 1. The van der Waals surface area contributed by atoms with Gasteiger partial charge >= 0.3 is 0 Å². The summed E-state index contributed by atoms with van der Waals surface area (Å²) in [6, 6.07) is 4.97. The largest absolute Gasteiger partial charge is 0.386 e. The number of sulfonamides is 1. The molecule has 0 spiro atoms. The molecule has 2 atom stereocenters. The Balaban J connectivity index is 2.22. The fourth-order valence-corrected chi connectivity index (χ4v) is 4.02. The molecule has 22 heavy (non-hydrogen) atoms. The Bertz CT molecular complexity index is 647. The average molecular weight is 348 g/mol. The van der Waals surface area contributed by atoms with E-state index in [0.29, 0.717) is 13.0 Å². The number of hydrogen-bond acceptors (Lipinski definition) is 4. The first-order valence-corrected chi connectivity index (χ1v) is 9.15. The Kier molecular flexibility index (Phi) is 5.19. The second kappa shape index (κ2) is 6.45. The Hall–Kier alpha value is -0.660. The minimum Gasteiger partial charge on any atom is -0.386 e. The fraction of sp³-hybridized carbons (Fsp3) is 0.600. The van der Waals surface area contributed by atoms with Crippen LogP contribution in [0.15, 0.2) is 23.1 Å². The first-order chi connectivity index (χ1) is 10.2. The number of ether oxygens (including phenoxy) is 1. The number of rotatable bonds is 5. The van der Waals surface area contributed by atoms with Crippen molar-refractivity contribution in [2.24, 2.45) is 0 Å². The molecule has 0 bridgehead atoms. The fourth-order valence-electron chi connectivity index (χ4n) is 2.39. The zero-order chi connectivity index (χ0) is 16.5. The summed E-state index contributed by atoms with van der Waals surface area (Å²) >= 11 is 6.04. The molecule has 1 aromatic carbocycles. The van der Waals surface area contributed by atoms with Crippen molar-refractivity contribution in [2.45, 2.75) is 49.7 Å². The molecular formula is C15H22ClNO4S. The molecule has 0 radical (unpaired) electrons. The molecule has 0 saturated carbocycles. The van der Waals surface area contributed by atoms with Gasteiger partial charge in [0, 0.05) is 19.6 Å². The molecule has 1 aliphatic rings. The van der Waals surface area contributed by atoms with E-state index in [9.17, 15) is 13.5 Å². The van der Waals surface area contributed by atoms with Gasteiger partial charge in [-0.05, 0) is 30.5 Å². The van der Waals surface area contributed by atoms with Crippen molar-refractivity contribution in [3.05, 3.63) is 28.8 Å². The molecule has 2 rings (SSSR count). The van der Waals surface area contributed by atoms with Crippen LogP contribution in [-0.2, 0) is 14.8 Å². The van der Waals surface area contributed by atoms with Crippen molar-refractivity contribution in [2.75, 3.05) is 13.2 Å². The van der Waals surface area contributed by atoms with Gasteiger partial charge in [0.25, 0.3) is 0 Å². The highest BCUT2D eigenvalue weighted by molar-refractivity contribution is 7.89. The van der Waals surface area contributed by atoms with Gasteiger partial charge in [-0.3, -0.25) is 0 Å². The number of hydrogen-bond donors (Lipinski definition) is 2. The summed E-state index contributed by atoms with van der Waals surface area (Å²) in [5, 5.41) is 10.6. The van der Waals surface area contributed by atoms with Crippen molar-refractivity contribution in [1.82, 2.24) is 4.72 Å². The van der Waals surface area contributed by atoms with E-state index >= 15 is 0 Å². The molecule has 1 heterocycles. The van der Waals surface area contributed by atoms with Crippen molar-refractivity contribution in [1.29, 1.82) is 0 Å². The van der Waals surface area contributed by atoms with Gasteiger partial charge in [0.1, 0.15) is 10.5 Å². The average Bonchev–Trinajstić information content (AvgIpc) is 2.77. The van der Waals surface area contributed by atoms with E-state index in [1.807, 2.05) is 19.9 Å². The minimum atomic E-state index is -3.79. The lowest BCUT2D eigenvalue weighted by Crippen LogP contribution is -2.47. The Morgan fingerprint density at radius 1 is 1.50 bits per heavy atom. The summed E-state index contributed by atoms with van der Waals surface area (Å²) in [5.41, 5.74) is -0.295. The molecule has 5 nitrogen and oxygen atoms in total. The molecule has 2 unspecified atom stereocenters. The summed E-state index contributed by atoms with van der Waals surface area (Å²) in [4.78, 5) is 0.0375. The molecule has 0 amide bonds. The predicted molar refractivity (Wildman–Crippen MR) is 85.7 cm³/mol. The van der Waals surface area contributed by atoms with Crippen molar-refractivity contribution in [3.63, 3.8) is 0 Å². The van der Waals surface area contributed by atoms with Crippen LogP contribution in [0.2, 0.25) is 5.02 Å². The highest BCUT2D eigenvalue weighted by Gasteiger charge is 2.40. The summed E-state index contributed by atoms with van der Waals surface area (Å²) in [7, 11) is -3.79. The van der Waals surface area contributed by atoms with Gasteiger partial charge in [-0.2, -0.15) is 0 Å². The quantitative estimate of drug-likeness (QED) is 0.856. The van der Waals surface area contributed by atoms with Gasteiger partial charge in [0.05, 0.1) is 11.1 Å². The van der Waals surface area contributed by atoms with E-state index < -0.39 is 21.7 Å². The predicted octanol–water partition coefficient (Wildman–Crippen LogP) is 2.28. The normalized spacial score (nSPS) is 25.8. The van der Waals surface area contributed by atoms with E-state index in [1.165, 1.54) is 0 Å². The molecule has 1 aliphatic heterocycles. The Morgan fingerprint density at radius 3 is 2.73 bits per heavy atom. The maximum atomic E-state index is 12.5. The van der Waals surface area contributed by atoms with Gasteiger partial charge in [-0.25, -0.2) is 13.1 Å². The summed E-state index contributed by atoms with van der Waals surface area (Å²) in [6.07, 6.45) is -0.0103. The van der Waals surface area contributed by atoms with Crippen LogP contribution in [0.5, 0.6) is 0 Å². The maximum Gasteiger partial charge on any atom is 0.242 e. The van der Waals surface area contributed by atoms with E-state index in [4.69, 9.17) is 16.3 Å². The molecule has 1 saturated heterocycles. The van der Waals surface area contributed by atoms with E-state index in [-0.39, 0.29) is 22.4 Å². The molecule has 7 heteroatoms. The van der Waals surface area contributed by atoms with E-state index in [1.54, 1.807) is 19.1 Å². The number of nitrogens with one attached hydrogen (secondary N) is 1. The molecule has 124 valence electrons. The van der Waals surface area contributed by atoms with Crippen molar-refractivity contribution in [3.8, 4) is 0 Å². The first kappa shape index (κ1) is 17.7. The van der Waals surface area contributed by atoms with Crippen LogP contribution in [0.25, 0.3) is 0 Å². The van der Waals surface area contributed by atoms with Crippen LogP contribution in [0.4, 0.5) is 0 Å². The topological polar surface area (TPSA) is 75.6 Å². The SMILES string of the molecule is CC(C)c1ccc(Cl)c(S(=O)(=O)NCC2(O)CCOC2C)c1. The second-order valence-corrected chi connectivity index (χ2v) is 8.18. The Labute approximate surface area is 136 Å². The standard InChI is InChI=1S/C15H22ClNO4S/c1-10(2)12-4-5-13(16)14(8-12)22(19,20)17-9-15(18)6-7-21-11(15)3/h4-5,8,10-11,17-18H,6-7,9H2,1-3H3. The third-order valence-corrected chi connectivity index (χ3v) is 6.02. The van der Waals surface area contributed by atoms with Crippen LogP contribution in [-0.4, -0.2) is 38.4 Å². The number of aliphatic hydroxyl groups is 1. The summed E-state index contributed by atoms with van der Waals surface area (Å²) in [6.45, 7) is 6.01. The third kappa shape index (κ3) is 3.63. The van der Waals surface area contributed by atoms with Crippen LogP contribution < -0.4 is 4.72 Å². The van der Waals surface area contributed by atoms with Crippen LogP contribution in [0.1, 0.15) is 38.7 Å². The van der Waals surface area contributed by atoms with Crippen LogP contribution >= 0.6 is 11.6 Å². The van der Waals surface area contributed by atoms with Gasteiger partial charge < -0.3 is 9.84 Å². The minimum absolute atomic E-state index is 0.0375. The van der Waals surface area contributed by atoms with Crippen LogP contribution in [0, 0.1) is 0 Å². The molecular weight excluding hydrogens is 326 g/mol. The van der Waals surface area contributed by atoms with Gasteiger partial charge in [-0.15, -0.1) is 0 Å². The monoisotopic (exact) mass is 347 g/mol. The molecule has 0 aliphatic carbocycles. The van der Waals surface area contributed by atoms with Crippen molar-refractivity contribution >= 4 is 21.6 Å². The lowest BCUT2D eigenvalue weighted by atomic mass is 9.97. The highest BCUT2D eigenvalue weighted by Crippen LogP contribution is 2.28. The maximum absolute atomic E-state index is 12.5. The Morgan fingerprint density at radius 2 is 2.18 bits per heavy atom. The van der Waals surface area contributed by atoms with Gasteiger partial charge in [0.2, 0.25) is 10.0 Å². The first-order valence-electron chi connectivity index (χ1n) is 7.29. The van der Waals surface area contributed by atoms with Gasteiger partial charge in [-0.1, -0.05) is 31.5 Å². The number of halogens is 1. The molecule has 1 fully saturated rings. The highest BCUT2D eigenvalue weighted by atomic mass is 35.5. The summed E-state index contributed by atoms with van der Waals surface area (Å²) in [5.74, 6) is 0.193. The molecule has 1 aromatic rings. The molecule has 0 aromatic heterocycles. The molecule has 2 N–H and O–H groups in total. The lowest BCUT2D eigenvalue weighted by molar-refractivity contribution is -0.0228. The van der Waals surface area contributed by atoms with Crippen molar-refractivity contribution < 1.29 is 18.3 Å². The second-order valence-electron chi connectivity index (χ2n) is 6.04.